The predicted octanol–water partition coefficient (Wildman–Crippen LogP) is 2.37. The summed E-state index contributed by atoms with van der Waals surface area (Å²) in [4.78, 5) is 0. The Bertz CT molecular complexity index is 431. The van der Waals surface area contributed by atoms with Crippen LogP contribution in [0.15, 0.2) is 17.5 Å². The van der Waals surface area contributed by atoms with Crippen molar-refractivity contribution >= 4 is 32.8 Å². The molecule has 0 radical (unpaired) electrons. The minimum Gasteiger partial charge on any atom is -0.397 e. The van der Waals surface area contributed by atoms with E-state index in [0.717, 1.165) is 5.56 Å². The fraction of sp³-hybridized carbons (Fsp3) is 0.111. The quantitative estimate of drug-likeness (QED) is 0.608. The molecule has 2 rings (SSSR count). The van der Waals surface area contributed by atoms with E-state index in [2.05, 4.69) is 11.4 Å². The second-order valence-corrected chi connectivity index (χ2v) is 3.76. The summed E-state index contributed by atoms with van der Waals surface area (Å²) in [6, 6.07) is 3.98. The lowest BCUT2D eigenvalue weighted by Crippen LogP contribution is -1.96. The first-order valence-electron chi connectivity index (χ1n) is 3.72. The number of anilines is 2. The lowest BCUT2D eigenvalue weighted by atomic mass is 10.1. The molecule has 4 N–H and O–H groups in total. The van der Waals surface area contributed by atoms with Gasteiger partial charge in [0.15, 0.2) is 0 Å². The van der Waals surface area contributed by atoms with Crippen LogP contribution in [0.25, 0.3) is 10.1 Å². The molecule has 0 atom stereocenters. The average molecular weight is 178 g/mol. The van der Waals surface area contributed by atoms with Crippen LogP contribution in [0.4, 0.5) is 11.4 Å². The van der Waals surface area contributed by atoms with Crippen LogP contribution in [0.3, 0.4) is 0 Å². The largest absolute Gasteiger partial charge is 0.397 e. The maximum absolute atomic E-state index is 5.79. The molecule has 1 aromatic carbocycles. The van der Waals surface area contributed by atoms with Crippen molar-refractivity contribution in [3.8, 4) is 0 Å². The molecule has 0 amide bonds. The van der Waals surface area contributed by atoms with Gasteiger partial charge in [-0.05, 0) is 35.4 Å². The van der Waals surface area contributed by atoms with E-state index in [-0.39, 0.29) is 0 Å². The second-order valence-electron chi connectivity index (χ2n) is 2.84. The molecular formula is C9H10N2S. The SMILES string of the molecule is Cc1c(N)c(N)cc2ccsc12. The van der Waals surface area contributed by atoms with Gasteiger partial charge < -0.3 is 11.5 Å². The van der Waals surface area contributed by atoms with Crippen molar-refractivity contribution < 1.29 is 0 Å². The highest BCUT2D eigenvalue weighted by Gasteiger charge is 2.05. The standard InChI is InChI=1S/C9H10N2S/c1-5-8(11)7(10)4-6-2-3-12-9(5)6/h2-4H,10-11H2,1H3. The molecule has 2 aromatic rings. The molecule has 0 aliphatic heterocycles. The molecule has 0 saturated heterocycles. The topological polar surface area (TPSA) is 52.0 Å². The number of nitrogens with two attached hydrogens (primary N) is 2. The number of fused-ring (bicyclic) bond motifs is 1. The van der Waals surface area contributed by atoms with Gasteiger partial charge in [-0.2, -0.15) is 0 Å². The van der Waals surface area contributed by atoms with Crippen molar-refractivity contribution in [1.82, 2.24) is 0 Å². The molecule has 62 valence electrons. The minimum atomic E-state index is 0.679. The molecule has 0 spiro atoms. The second kappa shape index (κ2) is 2.38. The maximum atomic E-state index is 5.79. The van der Waals surface area contributed by atoms with Gasteiger partial charge in [0.25, 0.3) is 0 Å². The van der Waals surface area contributed by atoms with Crippen LogP contribution in [-0.4, -0.2) is 0 Å². The molecule has 1 heterocycles. The van der Waals surface area contributed by atoms with E-state index in [1.54, 1.807) is 11.3 Å². The Labute approximate surface area is 74.8 Å². The summed E-state index contributed by atoms with van der Waals surface area (Å²) in [5, 5.41) is 3.24. The zero-order chi connectivity index (χ0) is 8.72. The summed E-state index contributed by atoms with van der Waals surface area (Å²) in [6.45, 7) is 2.00. The van der Waals surface area contributed by atoms with Crippen LogP contribution in [0.2, 0.25) is 0 Å². The van der Waals surface area contributed by atoms with Crippen molar-refractivity contribution in [3.05, 3.63) is 23.1 Å². The summed E-state index contributed by atoms with van der Waals surface area (Å²) < 4.78 is 1.24. The monoisotopic (exact) mass is 178 g/mol. The molecule has 0 aliphatic carbocycles. The Morgan fingerprint density at radius 2 is 2.08 bits per heavy atom. The van der Waals surface area contributed by atoms with Gasteiger partial charge in [-0.15, -0.1) is 11.3 Å². The van der Waals surface area contributed by atoms with Crippen molar-refractivity contribution in [3.63, 3.8) is 0 Å². The third-order valence-electron chi connectivity index (χ3n) is 2.06. The smallest absolute Gasteiger partial charge is 0.0592 e. The molecule has 0 bridgehead atoms. The first-order valence-corrected chi connectivity index (χ1v) is 4.60. The summed E-state index contributed by atoms with van der Waals surface area (Å²) >= 11 is 1.70. The highest BCUT2D eigenvalue weighted by atomic mass is 32.1. The lowest BCUT2D eigenvalue weighted by Gasteiger charge is -2.04. The minimum absolute atomic E-state index is 0.679. The van der Waals surface area contributed by atoms with E-state index < -0.39 is 0 Å². The Hall–Kier alpha value is -1.22. The van der Waals surface area contributed by atoms with Gasteiger partial charge in [0.1, 0.15) is 0 Å². The van der Waals surface area contributed by atoms with E-state index >= 15 is 0 Å². The number of hydrogen-bond acceptors (Lipinski definition) is 3. The maximum Gasteiger partial charge on any atom is 0.0592 e. The third-order valence-corrected chi connectivity index (χ3v) is 3.11. The molecule has 0 saturated carbocycles. The van der Waals surface area contributed by atoms with E-state index in [9.17, 15) is 0 Å². The van der Waals surface area contributed by atoms with Crippen LogP contribution >= 0.6 is 11.3 Å². The predicted molar refractivity (Wildman–Crippen MR) is 55.4 cm³/mol. The molecule has 12 heavy (non-hydrogen) atoms. The number of rotatable bonds is 0. The Morgan fingerprint density at radius 3 is 2.83 bits per heavy atom. The zero-order valence-electron chi connectivity index (χ0n) is 6.79. The molecule has 0 unspecified atom stereocenters. The van der Waals surface area contributed by atoms with Crippen LogP contribution in [-0.2, 0) is 0 Å². The zero-order valence-corrected chi connectivity index (χ0v) is 7.61. The number of aryl methyl sites for hydroxylation is 1. The fourth-order valence-electron chi connectivity index (χ4n) is 1.32. The van der Waals surface area contributed by atoms with E-state index in [1.165, 1.54) is 10.1 Å². The average Bonchev–Trinajstić information content (AvgIpc) is 2.48. The van der Waals surface area contributed by atoms with Gasteiger partial charge in [-0.3, -0.25) is 0 Å². The summed E-state index contributed by atoms with van der Waals surface area (Å²) in [5.74, 6) is 0. The molecule has 0 fully saturated rings. The highest BCUT2D eigenvalue weighted by molar-refractivity contribution is 7.17. The number of thiophene rings is 1. The molecule has 3 heteroatoms. The van der Waals surface area contributed by atoms with Crippen molar-refractivity contribution in [2.24, 2.45) is 0 Å². The number of benzene rings is 1. The Kier molecular flexibility index (Phi) is 1.48. The van der Waals surface area contributed by atoms with Gasteiger partial charge in [-0.25, -0.2) is 0 Å². The van der Waals surface area contributed by atoms with Gasteiger partial charge in [-0.1, -0.05) is 0 Å². The van der Waals surface area contributed by atoms with Crippen LogP contribution in [0.1, 0.15) is 5.56 Å². The number of nitrogen functional groups attached to an aromatic ring is 2. The van der Waals surface area contributed by atoms with Crippen molar-refractivity contribution in [2.75, 3.05) is 11.5 Å². The lowest BCUT2D eigenvalue weighted by molar-refractivity contribution is 1.55. The molecule has 2 nitrogen and oxygen atoms in total. The van der Waals surface area contributed by atoms with E-state index in [1.807, 2.05) is 13.0 Å². The third kappa shape index (κ3) is 0.865. The first-order chi connectivity index (χ1) is 5.70. The van der Waals surface area contributed by atoms with Gasteiger partial charge in [0.05, 0.1) is 11.4 Å². The van der Waals surface area contributed by atoms with E-state index in [0.29, 0.717) is 11.4 Å². The van der Waals surface area contributed by atoms with E-state index in [4.69, 9.17) is 11.5 Å². The Balaban J connectivity index is 2.94. The summed E-state index contributed by atoms with van der Waals surface area (Å²) in [5.41, 5.74) is 14.0. The van der Waals surface area contributed by atoms with Crippen LogP contribution < -0.4 is 11.5 Å². The molecular weight excluding hydrogens is 168 g/mol. The van der Waals surface area contributed by atoms with Gasteiger partial charge >= 0.3 is 0 Å². The fourth-order valence-corrected chi connectivity index (χ4v) is 2.22. The summed E-state index contributed by atoms with van der Waals surface area (Å²) in [7, 11) is 0. The highest BCUT2D eigenvalue weighted by Crippen LogP contribution is 2.32. The molecule has 0 aliphatic rings. The van der Waals surface area contributed by atoms with Crippen LogP contribution in [0.5, 0.6) is 0 Å². The number of hydrogen-bond donors (Lipinski definition) is 2. The Morgan fingerprint density at radius 1 is 1.33 bits per heavy atom. The molecule has 1 aromatic heterocycles. The normalized spacial score (nSPS) is 10.8. The van der Waals surface area contributed by atoms with Crippen molar-refractivity contribution in [2.45, 2.75) is 6.92 Å². The van der Waals surface area contributed by atoms with Gasteiger partial charge in [0, 0.05) is 4.70 Å². The summed E-state index contributed by atoms with van der Waals surface area (Å²) in [6.07, 6.45) is 0. The van der Waals surface area contributed by atoms with Gasteiger partial charge in [0.2, 0.25) is 0 Å². The first kappa shape index (κ1) is 7.43. The van der Waals surface area contributed by atoms with Crippen molar-refractivity contribution in [1.29, 1.82) is 0 Å². The van der Waals surface area contributed by atoms with Crippen LogP contribution in [0, 0.1) is 6.92 Å².